The van der Waals surface area contributed by atoms with E-state index in [-0.39, 0.29) is 5.91 Å². The Morgan fingerprint density at radius 2 is 1.63 bits per heavy atom. The second-order valence-electron chi connectivity index (χ2n) is 8.30. The molecule has 0 radical (unpaired) electrons. The lowest BCUT2D eigenvalue weighted by Gasteiger charge is -2.12. The first-order chi connectivity index (χ1) is 16.9. The average Bonchev–Trinajstić information content (AvgIpc) is 3.30. The third-order valence-corrected chi connectivity index (χ3v) is 5.26. The lowest BCUT2D eigenvalue weighted by atomic mass is 10.2. The zero-order valence-corrected chi connectivity index (χ0v) is 20.4. The average molecular weight is 477 g/mol. The van der Waals surface area contributed by atoms with Gasteiger partial charge in [-0.2, -0.15) is 0 Å². The summed E-state index contributed by atoms with van der Waals surface area (Å²) in [4.78, 5) is 17.3. The van der Waals surface area contributed by atoms with E-state index in [4.69, 9.17) is 23.4 Å². The molecular weight excluding hydrogens is 448 g/mol. The maximum Gasteiger partial charge on any atom is 0.255 e. The number of carbonyl (C=O) groups is 1. The quantitative estimate of drug-likeness (QED) is 0.326. The van der Waals surface area contributed by atoms with Crippen molar-refractivity contribution in [2.24, 2.45) is 5.92 Å². The van der Waals surface area contributed by atoms with Gasteiger partial charge in [-0.1, -0.05) is 13.8 Å². The Morgan fingerprint density at radius 3 is 2.23 bits per heavy atom. The SMILES string of the molecule is COc1cc(-c2nc3cc(NC(=O)c4ccc(OCC(C)C)cc4)ccc3o2)cc(OC)c1OC. The predicted octanol–water partition coefficient (Wildman–Crippen LogP) is 5.81. The molecule has 1 aromatic heterocycles. The van der Waals surface area contributed by atoms with E-state index in [2.05, 4.69) is 24.1 Å². The minimum absolute atomic E-state index is 0.229. The van der Waals surface area contributed by atoms with Gasteiger partial charge in [-0.25, -0.2) is 4.98 Å². The van der Waals surface area contributed by atoms with Crippen molar-refractivity contribution in [3.63, 3.8) is 0 Å². The summed E-state index contributed by atoms with van der Waals surface area (Å²) >= 11 is 0. The van der Waals surface area contributed by atoms with Gasteiger partial charge in [0.05, 0.1) is 27.9 Å². The molecule has 0 unspecified atom stereocenters. The summed E-state index contributed by atoms with van der Waals surface area (Å²) in [5.74, 6) is 2.81. The Labute approximate surface area is 203 Å². The van der Waals surface area contributed by atoms with Crippen molar-refractivity contribution in [2.45, 2.75) is 13.8 Å². The molecule has 3 aromatic carbocycles. The molecule has 0 saturated heterocycles. The number of anilines is 1. The van der Waals surface area contributed by atoms with E-state index in [1.807, 2.05) is 0 Å². The van der Waals surface area contributed by atoms with Gasteiger partial charge in [-0.05, 0) is 60.5 Å². The topological polar surface area (TPSA) is 92.1 Å². The van der Waals surface area contributed by atoms with Gasteiger partial charge in [0, 0.05) is 16.8 Å². The Kier molecular flexibility index (Phi) is 7.10. The summed E-state index contributed by atoms with van der Waals surface area (Å²) < 4.78 is 27.8. The lowest BCUT2D eigenvalue weighted by molar-refractivity contribution is 0.102. The normalized spacial score (nSPS) is 10.9. The van der Waals surface area contributed by atoms with Crippen LogP contribution in [0.5, 0.6) is 23.0 Å². The molecule has 0 aliphatic carbocycles. The largest absolute Gasteiger partial charge is 0.493 e. The van der Waals surface area contributed by atoms with Crippen LogP contribution in [-0.4, -0.2) is 38.8 Å². The van der Waals surface area contributed by atoms with Crippen molar-refractivity contribution < 1.29 is 28.2 Å². The maximum atomic E-state index is 12.7. The second-order valence-corrected chi connectivity index (χ2v) is 8.30. The highest BCUT2D eigenvalue weighted by Crippen LogP contribution is 2.41. The van der Waals surface area contributed by atoms with Gasteiger partial charge >= 0.3 is 0 Å². The molecule has 0 bridgehead atoms. The molecule has 1 amide bonds. The number of carbonyl (C=O) groups excluding carboxylic acids is 1. The Hall–Kier alpha value is -4.20. The number of aromatic nitrogens is 1. The van der Waals surface area contributed by atoms with Crippen LogP contribution in [0.3, 0.4) is 0 Å². The van der Waals surface area contributed by atoms with Crippen molar-refractivity contribution in [3.8, 4) is 34.5 Å². The zero-order valence-electron chi connectivity index (χ0n) is 20.4. The van der Waals surface area contributed by atoms with Crippen molar-refractivity contribution in [1.82, 2.24) is 4.98 Å². The van der Waals surface area contributed by atoms with E-state index in [9.17, 15) is 4.79 Å². The second kappa shape index (κ2) is 10.4. The molecule has 8 heteroatoms. The Morgan fingerprint density at radius 1 is 0.943 bits per heavy atom. The molecule has 0 aliphatic heterocycles. The van der Waals surface area contributed by atoms with Crippen LogP contribution in [0.4, 0.5) is 5.69 Å². The fourth-order valence-corrected chi connectivity index (χ4v) is 3.50. The van der Waals surface area contributed by atoms with Crippen LogP contribution in [0, 0.1) is 5.92 Å². The predicted molar refractivity (Wildman–Crippen MR) is 134 cm³/mol. The number of oxazole rings is 1. The number of ether oxygens (including phenoxy) is 4. The number of methoxy groups -OCH3 is 3. The van der Waals surface area contributed by atoms with Gasteiger partial charge in [0.1, 0.15) is 11.3 Å². The number of nitrogens with zero attached hydrogens (tertiary/aromatic N) is 1. The van der Waals surface area contributed by atoms with Crippen LogP contribution in [0.15, 0.2) is 59.0 Å². The Balaban J connectivity index is 1.54. The van der Waals surface area contributed by atoms with E-state index in [0.29, 0.717) is 63.6 Å². The summed E-state index contributed by atoms with van der Waals surface area (Å²) in [7, 11) is 4.65. The molecule has 182 valence electrons. The number of hydrogen-bond donors (Lipinski definition) is 1. The van der Waals surface area contributed by atoms with Crippen LogP contribution < -0.4 is 24.3 Å². The first kappa shape index (κ1) is 23.9. The summed E-state index contributed by atoms with van der Waals surface area (Å²) in [5.41, 5.74) is 2.98. The van der Waals surface area contributed by atoms with Gasteiger partial charge in [-0.15, -0.1) is 0 Å². The van der Waals surface area contributed by atoms with Crippen molar-refractivity contribution in [1.29, 1.82) is 0 Å². The smallest absolute Gasteiger partial charge is 0.255 e. The molecule has 0 aliphatic rings. The molecule has 4 aromatic rings. The minimum Gasteiger partial charge on any atom is -0.493 e. The Bertz CT molecular complexity index is 1300. The van der Waals surface area contributed by atoms with Gasteiger partial charge < -0.3 is 28.7 Å². The monoisotopic (exact) mass is 476 g/mol. The molecule has 1 heterocycles. The van der Waals surface area contributed by atoms with Crippen molar-refractivity contribution >= 4 is 22.7 Å². The van der Waals surface area contributed by atoms with E-state index in [1.165, 1.54) is 0 Å². The van der Waals surface area contributed by atoms with Crippen LogP contribution in [-0.2, 0) is 0 Å². The van der Waals surface area contributed by atoms with Gasteiger partial charge in [0.25, 0.3) is 5.91 Å². The van der Waals surface area contributed by atoms with E-state index >= 15 is 0 Å². The number of rotatable bonds is 9. The first-order valence-corrected chi connectivity index (χ1v) is 11.2. The highest BCUT2D eigenvalue weighted by Gasteiger charge is 2.18. The molecule has 4 rings (SSSR count). The van der Waals surface area contributed by atoms with E-state index in [1.54, 1.807) is 75.9 Å². The van der Waals surface area contributed by atoms with Crippen molar-refractivity contribution in [3.05, 3.63) is 60.2 Å². The fourth-order valence-electron chi connectivity index (χ4n) is 3.50. The van der Waals surface area contributed by atoms with Gasteiger partial charge in [-0.3, -0.25) is 4.79 Å². The van der Waals surface area contributed by atoms with Crippen LogP contribution in [0.25, 0.3) is 22.6 Å². The third-order valence-electron chi connectivity index (χ3n) is 5.26. The lowest BCUT2D eigenvalue weighted by Crippen LogP contribution is -2.12. The summed E-state index contributed by atoms with van der Waals surface area (Å²) in [6.07, 6.45) is 0. The summed E-state index contributed by atoms with van der Waals surface area (Å²) in [6, 6.07) is 15.9. The molecular formula is C27H28N2O6. The number of hydrogen-bond acceptors (Lipinski definition) is 7. The number of amides is 1. The molecule has 0 atom stereocenters. The molecule has 0 spiro atoms. The van der Waals surface area contributed by atoms with Crippen LogP contribution >= 0.6 is 0 Å². The summed E-state index contributed by atoms with van der Waals surface area (Å²) in [6.45, 7) is 4.80. The molecule has 35 heavy (non-hydrogen) atoms. The highest BCUT2D eigenvalue weighted by atomic mass is 16.5. The van der Waals surface area contributed by atoms with E-state index < -0.39 is 0 Å². The van der Waals surface area contributed by atoms with Crippen molar-refractivity contribution in [2.75, 3.05) is 33.3 Å². The third kappa shape index (κ3) is 5.32. The molecule has 0 saturated carbocycles. The number of fused-ring (bicyclic) bond motifs is 1. The van der Waals surface area contributed by atoms with Gasteiger partial charge in [0.2, 0.25) is 11.6 Å². The fraction of sp³-hybridized carbons (Fsp3) is 0.259. The maximum absolute atomic E-state index is 12.7. The molecule has 0 fully saturated rings. The first-order valence-electron chi connectivity index (χ1n) is 11.2. The molecule has 1 N–H and O–H groups in total. The summed E-state index contributed by atoms with van der Waals surface area (Å²) in [5, 5.41) is 2.90. The minimum atomic E-state index is -0.229. The highest BCUT2D eigenvalue weighted by molar-refractivity contribution is 6.05. The zero-order chi connectivity index (χ0) is 24.9. The van der Waals surface area contributed by atoms with Crippen LogP contribution in [0.2, 0.25) is 0 Å². The van der Waals surface area contributed by atoms with Gasteiger partial charge in [0.15, 0.2) is 17.1 Å². The van der Waals surface area contributed by atoms with Crippen LogP contribution in [0.1, 0.15) is 24.2 Å². The number of nitrogens with one attached hydrogen (secondary N) is 1. The van der Waals surface area contributed by atoms with E-state index in [0.717, 1.165) is 5.75 Å². The standard InChI is InChI=1S/C27H28N2O6/c1-16(2)15-34-20-9-6-17(7-10-20)26(30)28-19-8-11-22-21(14-19)29-27(35-22)18-12-23(31-3)25(33-5)24(13-18)32-4/h6-14,16H,15H2,1-5H3,(H,28,30). The number of benzene rings is 3. The molecule has 8 nitrogen and oxygen atoms in total.